The lowest BCUT2D eigenvalue weighted by Crippen LogP contribution is -2.45. The number of benzene rings is 1. The Morgan fingerprint density at radius 2 is 2.24 bits per heavy atom. The molecule has 2 rings (SSSR count). The van der Waals surface area contributed by atoms with Gasteiger partial charge in [0.1, 0.15) is 0 Å². The average molecular weight is 298 g/mol. The first-order valence-corrected chi connectivity index (χ1v) is 7.26. The zero-order valence-electron chi connectivity index (χ0n) is 10.6. The predicted molar refractivity (Wildman–Crippen MR) is 74.7 cm³/mol. The number of ether oxygens (including phenoxy) is 1. The molecule has 1 heterocycles. The summed E-state index contributed by atoms with van der Waals surface area (Å²) in [6, 6.07) is 7.20. The van der Waals surface area contributed by atoms with Crippen molar-refractivity contribution in [3.8, 4) is 0 Å². The van der Waals surface area contributed by atoms with E-state index in [1.807, 2.05) is 0 Å². The van der Waals surface area contributed by atoms with Crippen molar-refractivity contribution in [2.45, 2.75) is 26.4 Å². The van der Waals surface area contributed by atoms with Crippen LogP contribution < -0.4 is 0 Å². The number of alkyl halides is 1. The molecule has 2 nitrogen and oxygen atoms in total. The van der Waals surface area contributed by atoms with Crippen LogP contribution in [-0.4, -0.2) is 36.0 Å². The van der Waals surface area contributed by atoms with Gasteiger partial charge in [0.15, 0.2) is 0 Å². The van der Waals surface area contributed by atoms with E-state index < -0.39 is 0 Å². The van der Waals surface area contributed by atoms with Crippen LogP contribution in [0.5, 0.6) is 0 Å². The van der Waals surface area contributed by atoms with Crippen molar-refractivity contribution in [3.63, 3.8) is 0 Å². The van der Waals surface area contributed by atoms with Crippen LogP contribution in [-0.2, 0) is 11.3 Å². The lowest BCUT2D eigenvalue weighted by Gasteiger charge is -2.34. The molecule has 0 saturated carbocycles. The zero-order valence-corrected chi connectivity index (χ0v) is 12.2. The largest absolute Gasteiger partial charge is 0.378 e. The summed E-state index contributed by atoms with van der Waals surface area (Å²) in [6.45, 7) is 8.11. The molecule has 1 aliphatic rings. The maximum Gasteiger partial charge on any atom is 0.0630 e. The molecular formula is C14H20BrNO. The molecule has 17 heavy (non-hydrogen) atoms. The quantitative estimate of drug-likeness (QED) is 0.796. The van der Waals surface area contributed by atoms with Gasteiger partial charge < -0.3 is 4.74 Å². The standard InChI is InChI=1S/C14H20BrNO/c1-11-3-4-12(2)13(7-11)9-16-5-6-17-10-14(16)8-15/h3-4,7,14H,5-6,8-10H2,1-2H3. The highest BCUT2D eigenvalue weighted by Gasteiger charge is 2.22. The van der Waals surface area contributed by atoms with Crippen LogP contribution in [0.15, 0.2) is 18.2 Å². The molecular weight excluding hydrogens is 278 g/mol. The topological polar surface area (TPSA) is 12.5 Å². The molecule has 0 aliphatic carbocycles. The van der Waals surface area contributed by atoms with E-state index in [-0.39, 0.29) is 0 Å². The normalized spacial score (nSPS) is 21.7. The highest BCUT2D eigenvalue weighted by atomic mass is 79.9. The minimum Gasteiger partial charge on any atom is -0.378 e. The third kappa shape index (κ3) is 3.30. The van der Waals surface area contributed by atoms with E-state index in [4.69, 9.17) is 4.74 Å². The van der Waals surface area contributed by atoms with Crippen molar-refractivity contribution in [2.24, 2.45) is 0 Å². The average Bonchev–Trinajstić information content (AvgIpc) is 2.34. The summed E-state index contributed by atoms with van der Waals surface area (Å²) < 4.78 is 5.52. The number of hydrogen-bond acceptors (Lipinski definition) is 2. The number of aryl methyl sites for hydroxylation is 2. The number of morpholine rings is 1. The molecule has 0 radical (unpaired) electrons. The Balaban J connectivity index is 2.10. The van der Waals surface area contributed by atoms with Crippen molar-refractivity contribution < 1.29 is 4.74 Å². The van der Waals surface area contributed by atoms with Crippen LogP contribution >= 0.6 is 15.9 Å². The number of halogens is 1. The zero-order chi connectivity index (χ0) is 12.3. The molecule has 0 spiro atoms. The van der Waals surface area contributed by atoms with Gasteiger partial charge in [0, 0.05) is 24.5 Å². The fraction of sp³-hybridized carbons (Fsp3) is 0.571. The maximum atomic E-state index is 5.52. The van der Waals surface area contributed by atoms with Gasteiger partial charge in [-0.3, -0.25) is 4.90 Å². The van der Waals surface area contributed by atoms with Gasteiger partial charge in [0.25, 0.3) is 0 Å². The van der Waals surface area contributed by atoms with Crippen LogP contribution in [0, 0.1) is 13.8 Å². The minimum absolute atomic E-state index is 0.503. The highest BCUT2D eigenvalue weighted by molar-refractivity contribution is 9.09. The number of nitrogens with zero attached hydrogens (tertiary/aromatic N) is 1. The van der Waals surface area contributed by atoms with Crippen LogP contribution in [0.2, 0.25) is 0 Å². The molecule has 3 heteroatoms. The first kappa shape index (κ1) is 13.1. The second kappa shape index (κ2) is 5.98. The Morgan fingerprint density at radius 1 is 1.41 bits per heavy atom. The molecule has 1 saturated heterocycles. The van der Waals surface area contributed by atoms with Gasteiger partial charge >= 0.3 is 0 Å². The van der Waals surface area contributed by atoms with Gasteiger partial charge in [-0.25, -0.2) is 0 Å². The van der Waals surface area contributed by atoms with Gasteiger partial charge in [0.05, 0.1) is 13.2 Å². The van der Waals surface area contributed by atoms with Crippen LogP contribution in [0.3, 0.4) is 0 Å². The Bertz CT molecular complexity index is 380. The van der Waals surface area contributed by atoms with Crippen molar-refractivity contribution in [1.29, 1.82) is 0 Å². The Hall–Kier alpha value is -0.380. The molecule has 1 fully saturated rings. The second-order valence-corrected chi connectivity index (χ2v) is 5.43. The van der Waals surface area contributed by atoms with Crippen LogP contribution in [0.1, 0.15) is 16.7 Å². The Labute approximate surface area is 112 Å². The predicted octanol–water partition coefficient (Wildman–Crippen LogP) is 2.90. The molecule has 94 valence electrons. The van der Waals surface area contributed by atoms with E-state index in [0.29, 0.717) is 6.04 Å². The van der Waals surface area contributed by atoms with Crippen LogP contribution in [0.25, 0.3) is 0 Å². The first-order chi connectivity index (χ1) is 8.20. The van der Waals surface area contributed by atoms with E-state index in [0.717, 1.165) is 31.6 Å². The van der Waals surface area contributed by atoms with Gasteiger partial charge in [-0.1, -0.05) is 39.7 Å². The van der Waals surface area contributed by atoms with E-state index in [1.165, 1.54) is 16.7 Å². The smallest absolute Gasteiger partial charge is 0.0630 e. The van der Waals surface area contributed by atoms with Crippen molar-refractivity contribution in [3.05, 3.63) is 34.9 Å². The molecule has 1 aromatic carbocycles. The SMILES string of the molecule is Cc1ccc(C)c(CN2CCOCC2CBr)c1. The summed E-state index contributed by atoms with van der Waals surface area (Å²) in [7, 11) is 0. The number of rotatable bonds is 3. The molecule has 1 aliphatic heterocycles. The molecule has 0 amide bonds. The third-order valence-electron chi connectivity index (χ3n) is 3.41. The summed E-state index contributed by atoms with van der Waals surface area (Å²) in [4.78, 5) is 2.51. The molecule has 1 aromatic rings. The summed E-state index contributed by atoms with van der Waals surface area (Å²) in [5.41, 5.74) is 4.17. The summed E-state index contributed by atoms with van der Waals surface area (Å²) in [5.74, 6) is 0. The van der Waals surface area contributed by atoms with E-state index in [9.17, 15) is 0 Å². The second-order valence-electron chi connectivity index (χ2n) is 4.78. The molecule has 0 aromatic heterocycles. The Kier molecular flexibility index (Phi) is 4.60. The monoisotopic (exact) mass is 297 g/mol. The fourth-order valence-electron chi connectivity index (χ4n) is 2.23. The maximum absolute atomic E-state index is 5.52. The molecule has 0 bridgehead atoms. The first-order valence-electron chi connectivity index (χ1n) is 6.14. The summed E-state index contributed by atoms with van der Waals surface area (Å²) in [6.07, 6.45) is 0. The van der Waals surface area contributed by atoms with Crippen molar-refractivity contribution >= 4 is 15.9 Å². The van der Waals surface area contributed by atoms with E-state index in [1.54, 1.807) is 0 Å². The Morgan fingerprint density at radius 3 is 3.00 bits per heavy atom. The fourth-order valence-corrected chi connectivity index (χ4v) is 2.83. The number of hydrogen-bond donors (Lipinski definition) is 0. The van der Waals surface area contributed by atoms with Gasteiger partial charge in [-0.05, 0) is 25.0 Å². The third-order valence-corrected chi connectivity index (χ3v) is 4.15. The molecule has 1 atom stereocenters. The van der Waals surface area contributed by atoms with Crippen molar-refractivity contribution in [2.75, 3.05) is 25.1 Å². The van der Waals surface area contributed by atoms with Gasteiger partial charge in [-0.2, -0.15) is 0 Å². The van der Waals surface area contributed by atoms with E-state index in [2.05, 4.69) is 52.9 Å². The highest BCUT2D eigenvalue weighted by Crippen LogP contribution is 2.17. The van der Waals surface area contributed by atoms with E-state index >= 15 is 0 Å². The summed E-state index contributed by atoms with van der Waals surface area (Å²) in [5, 5.41) is 0.984. The van der Waals surface area contributed by atoms with Crippen molar-refractivity contribution in [1.82, 2.24) is 4.90 Å². The molecule has 0 N–H and O–H groups in total. The lowest BCUT2D eigenvalue weighted by molar-refractivity contribution is -0.00220. The van der Waals surface area contributed by atoms with Gasteiger partial charge in [-0.15, -0.1) is 0 Å². The lowest BCUT2D eigenvalue weighted by atomic mass is 10.0. The minimum atomic E-state index is 0.503. The van der Waals surface area contributed by atoms with Crippen LogP contribution in [0.4, 0.5) is 0 Å². The summed E-state index contributed by atoms with van der Waals surface area (Å²) >= 11 is 3.58. The van der Waals surface area contributed by atoms with Gasteiger partial charge in [0.2, 0.25) is 0 Å². The molecule has 1 unspecified atom stereocenters.